The second kappa shape index (κ2) is 12.4. The Bertz CT molecular complexity index is 1520. The normalized spacial score (nSPS) is 14.9. The van der Waals surface area contributed by atoms with Crippen molar-refractivity contribution in [1.82, 2.24) is 19.8 Å². The molecule has 214 valence electrons. The summed E-state index contributed by atoms with van der Waals surface area (Å²) in [5, 5.41) is 15.9. The lowest BCUT2D eigenvalue weighted by atomic mass is 9.89. The summed E-state index contributed by atoms with van der Waals surface area (Å²) in [6.45, 7) is 4.46. The summed E-state index contributed by atoms with van der Waals surface area (Å²) in [4.78, 5) is 31.7. The van der Waals surface area contributed by atoms with Crippen LogP contribution in [0.3, 0.4) is 0 Å². The number of hydrogen-bond donors (Lipinski definition) is 3. The van der Waals surface area contributed by atoms with Crippen LogP contribution in [0.25, 0.3) is 10.9 Å². The smallest absolute Gasteiger partial charge is 0.325 e. The topological polar surface area (TPSA) is 118 Å². The van der Waals surface area contributed by atoms with E-state index in [0.29, 0.717) is 46.6 Å². The quantitative estimate of drug-likeness (QED) is 0.284. The van der Waals surface area contributed by atoms with Crippen LogP contribution in [0.1, 0.15) is 41.6 Å². The predicted molar refractivity (Wildman–Crippen MR) is 157 cm³/mol. The van der Waals surface area contributed by atoms with Gasteiger partial charge in [-0.05, 0) is 74.7 Å². The summed E-state index contributed by atoms with van der Waals surface area (Å²) < 4.78 is 13.1. The van der Waals surface area contributed by atoms with Crippen LogP contribution in [0, 0.1) is 0 Å². The first kappa shape index (κ1) is 28.1. The maximum atomic E-state index is 13.0. The Balaban J connectivity index is 1.24. The van der Waals surface area contributed by atoms with E-state index in [1.54, 1.807) is 43.7 Å². The number of aliphatic hydroxyl groups excluding tert-OH is 1. The van der Waals surface area contributed by atoms with E-state index in [-0.39, 0.29) is 18.0 Å². The van der Waals surface area contributed by atoms with Crippen LogP contribution in [0.15, 0.2) is 67.0 Å². The Hall–Kier alpha value is -4.41. The van der Waals surface area contributed by atoms with Gasteiger partial charge in [-0.15, -0.1) is 0 Å². The molecular formula is C31H35N5O5. The van der Waals surface area contributed by atoms with Crippen LogP contribution in [0.4, 0.5) is 10.6 Å². The van der Waals surface area contributed by atoms with Gasteiger partial charge in [-0.3, -0.25) is 9.36 Å². The molecular weight excluding hydrogens is 522 g/mol. The number of likely N-dealkylation sites (tertiary alicyclic amines) is 1. The van der Waals surface area contributed by atoms with Crippen LogP contribution in [0.2, 0.25) is 0 Å². The van der Waals surface area contributed by atoms with Crippen LogP contribution >= 0.6 is 0 Å². The lowest BCUT2D eigenvalue weighted by Gasteiger charge is -2.32. The molecule has 0 bridgehead atoms. The minimum atomic E-state index is -0.312. The van der Waals surface area contributed by atoms with Gasteiger partial charge in [0.2, 0.25) is 0 Å². The third kappa shape index (κ3) is 6.50. The van der Waals surface area contributed by atoms with Gasteiger partial charge in [0, 0.05) is 49.1 Å². The second-order valence-electron chi connectivity index (χ2n) is 10.3. The third-order valence-electron chi connectivity index (χ3n) is 7.36. The number of nitrogens with one attached hydrogen (secondary N) is 2. The fourth-order valence-corrected chi connectivity index (χ4v) is 5.27. The van der Waals surface area contributed by atoms with Gasteiger partial charge in [0.05, 0.1) is 18.7 Å². The van der Waals surface area contributed by atoms with Crippen LogP contribution in [-0.4, -0.2) is 71.4 Å². The van der Waals surface area contributed by atoms with Gasteiger partial charge in [-0.2, -0.15) is 0 Å². The van der Waals surface area contributed by atoms with Crippen molar-refractivity contribution in [2.45, 2.75) is 31.8 Å². The molecule has 2 aromatic carbocycles. The van der Waals surface area contributed by atoms with Crippen molar-refractivity contribution in [3.05, 3.63) is 78.1 Å². The van der Waals surface area contributed by atoms with Crippen molar-refractivity contribution in [1.29, 1.82) is 0 Å². The van der Waals surface area contributed by atoms with Crippen molar-refractivity contribution in [2.75, 3.05) is 39.1 Å². The van der Waals surface area contributed by atoms with Crippen LogP contribution in [0.5, 0.6) is 17.2 Å². The number of pyridine rings is 1. The fraction of sp³-hybridized carbons (Fsp3) is 0.323. The Kier molecular flexibility index (Phi) is 8.51. The average molecular weight is 558 g/mol. The monoisotopic (exact) mass is 557 g/mol. The van der Waals surface area contributed by atoms with E-state index in [1.165, 1.54) is 17.2 Å². The lowest BCUT2D eigenvalue weighted by Crippen LogP contribution is -2.37. The minimum Gasteiger partial charge on any atom is -0.493 e. The molecule has 2 amide bonds. The molecule has 0 saturated carbocycles. The molecule has 1 unspecified atom stereocenters. The van der Waals surface area contributed by atoms with Gasteiger partial charge in [-0.1, -0.05) is 12.1 Å². The van der Waals surface area contributed by atoms with Gasteiger partial charge in [-0.25, -0.2) is 9.78 Å². The number of fused-ring (bicyclic) bond motifs is 1. The average Bonchev–Trinajstić information content (AvgIpc) is 3.39. The molecule has 1 aliphatic heterocycles. The highest BCUT2D eigenvalue weighted by molar-refractivity contribution is 6.03. The molecule has 10 nitrogen and oxygen atoms in total. The number of hydrogen-bond acceptors (Lipinski definition) is 7. The number of amides is 2. The van der Waals surface area contributed by atoms with Crippen LogP contribution in [-0.2, 0) is 0 Å². The largest absolute Gasteiger partial charge is 0.493 e. The molecule has 1 atom stereocenters. The molecule has 0 radical (unpaired) electrons. The van der Waals surface area contributed by atoms with Crippen molar-refractivity contribution >= 4 is 28.7 Å². The minimum absolute atomic E-state index is 0.255. The molecule has 10 heteroatoms. The maximum Gasteiger partial charge on any atom is 0.325 e. The molecule has 0 spiro atoms. The van der Waals surface area contributed by atoms with E-state index in [0.717, 1.165) is 31.3 Å². The molecule has 1 aliphatic rings. The summed E-state index contributed by atoms with van der Waals surface area (Å²) in [6.07, 6.45) is 5.00. The summed E-state index contributed by atoms with van der Waals surface area (Å²) >= 11 is 0. The highest BCUT2D eigenvalue weighted by Gasteiger charge is 2.22. The van der Waals surface area contributed by atoms with E-state index in [4.69, 9.17) is 9.47 Å². The summed E-state index contributed by atoms with van der Waals surface area (Å²) in [5.41, 5.74) is 2.45. The van der Waals surface area contributed by atoms with Gasteiger partial charge >= 0.3 is 6.03 Å². The second-order valence-corrected chi connectivity index (χ2v) is 10.3. The van der Waals surface area contributed by atoms with Crippen molar-refractivity contribution < 1.29 is 24.2 Å². The maximum absolute atomic E-state index is 13.0. The third-order valence-corrected chi connectivity index (χ3v) is 7.36. The number of β-amino-alcohol motifs (C(OH)–C–C–N with tert-alkyl or cyclic N) is 1. The Morgan fingerprint density at radius 1 is 1.07 bits per heavy atom. The number of anilines is 1. The van der Waals surface area contributed by atoms with Crippen molar-refractivity contribution in [2.24, 2.45) is 0 Å². The molecule has 5 rings (SSSR count). The highest BCUT2D eigenvalue weighted by Crippen LogP contribution is 2.36. The van der Waals surface area contributed by atoms with E-state index in [1.807, 2.05) is 37.3 Å². The SMILES string of the molecule is CNC(=O)n1ccc2cc(Oc3ccnc(NC(=O)c4ccc(C5CCN(CC(C)O)CC5)cc4)c3)c(OC)cc21. The van der Waals surface area contributed by atoms with Gasteiger partial charge in [0.25, 0.3) is 5.91 Å². The first-order chi connectivity index (χ1) is 19.8. The number of aromatic nitrogens is 2. The number of rotatable bonds is 8. The lowest BCUT2D eigenvalue weighted by molar-refractivity contribution is 0.102. The van der Waals surface area contributed by atoms with E-state index in [9.17, 15) is 14.7 Å². The molecule has 1 fully saturated rings. The first-order valence-electron chi connectivity index (χ1n) is 13.7. The van der Waals surface area contributed by atoms with Crippen molar-refractivity contribution in [3.8, 4) is 17.2 Å². The summed E-state index contributed by atoms with van der Waals surface area (Å²) in [7, 11) is 3.11. The summed E-state index contributed by atoms with van der Waals surface area (Å²) in [6, 6.07) is 16.2. The number of benzene rings is 2. The number of methoxy groups -OCH3 is 1. The summed E-state index contributed by atoms with van der Waals surface area (Å²) in [5.74, 6) is 1.93. The molecule has 1 saturated heterocycles. The highest BCUT2D eigenvalue weighted by atomic mass is 16.5. The molecule has 3 N–H and O–H groups in total. The zero-order valence-corrected chi connectivity index (χ0v) is 23.5. The molecule has 2 aromatic heterocycles. The molecule has 41 heavy (non-hydrogen) atoms. The van der Waals surface area contributed by atoms with E-state index in [2.05, 4.69) is 20.5 Å². The number of ether oxygens (including phenoxy) is 2. The van der Waals surface area contributed by atoms with Gasteiger partial charge in [0.1, 0.15) is 11.6 Å². The first-order valence-corrected chi connectivity index (χ1v) is 13.7. The Labute approximate surface area is 238 Å². The zero-order chi connectivity index (χ0) is 28.9. The van der Waals surface area contributed by atoms with Gasteiger partial charge < -0.3 is 30.1 Å². The number of nitrogens with zero attached hydrogens (tertiary/aromatic N) is 3. The standard InChI is InChI=1S/C31H35N5O5/c1-20(37)19-35-13-9-22(10-14-35)21-4-6-23(7-5-21)30(38)34-29-17-25(8-12-33-29)41-28-16-24-11-15-36(31(39)32-2)26(24)18-27(28)40-3/h4-8,11-12,15-18,20,22,37H,9-10,13-14,19H2,1-3H3,(H,32,39)(H,33,34,38). The molecule has 4 aromatic rings. The van der Waals surface area contributed by atoms with E-state index >= 15 is 0 Å². The Morgan fingerprint density at radius 3 is 2.51 bits per heavy atom. The number of carbonyl (C=O) groups excluding carboxylic acids is 2. The van der Waals surface area contributed by atoms with E-state index < -0.39 is 0 Å². The predicted octanol–water partition coefficient (Wildman–Crippen LogP) is 4.84. The number of carbonyl (C=O) groups is 2. The fourth-order valence-electron chi connectivity index (χ4n) is 5.27. The Morgan fingerprint density at radius 2 is 1.83 bits per heavy atom. The molecule has 3 heterocycles. The van der Waals surface area contributed by atoms with Crippen molar-refractivity contribution in [3.63, 3.8) is 0 Å². The van der Waals surface area contributed by atoms with Crippen LogP contribution < -0.4 is 20.1 Å². The molecule has 0 aliphatic carbocycles. The van der Waals surface area contributed by atoms with Gasteiger partial charge in [0.15, 0.2) is 11.5 Å². The zero-order valence-electron chi connectivity index (χ0n) is 23.5. The number of aliphatic hydroxyl groups is 1. The number of piperidine rings is 1.